The van der Waals surface area contributed by atoms with Crippen molar-refractivity contribution in [1.82, 2.24) is 0 Å². The van der Waals surface area contributed by atoms with Crippen LogP contribution >= 0.6 is 0 Å². The summed E-state index contributed by atoms with van der Waals surface area (Å²) in [4.78, 5) is 22.2. The second kappa shape index (κ2) is 9.87. The highest BCUT2D eigenvalue weighted by Gasteiger charge is 2.35. The van der Waals surface area contributed by atoms with Crippen molar-refractivity contribution in [1.29, 1.82) is 0 Å². The number of rotatable bonds is 10. The highest BCUT2D eigenvalue weighted by atomic mass is 32.2. The lowest BCUT2D eigenvalue weighted by molar-refractivity contribution is -0.152. The van der Waals surface area contributed by atoms with E-state index in [9.17, 15) is 18.0 Å². The number of carbonyl (C=O) groups excluding carboxylic acids is 2. The van der Waals surface area contributed by atoms with Crippen LogP contribution in [0.5, 0.6) is 0 Å². The molecule has 0 aromatic carbocycles. The normalized spacial score (nSPS) is 17.0. The Morgan fingerprint density at radius 3 is 2.04 bits per heavy atom. The van der Waals surface area contributed by atoms with E-state index in [4.69, 9.17) is 13.7 Å². The Labute approximate surface area is 138 Å². The van der Waals surface area contributed by atoms with Crippen molar-refractivity contribution in [3.05, 3.63) is 0 Å². The van der Waals surface area contributed by atoms with Crippen LogP contribution in [0.4, 0.5) is 0 Å². The van der Waals surface area contributed by atoms with Gasteiger partial charge in [0.05, 0.1) is 19.0 Å². The highest BCUT2D eigenvalue weighted by Crippen LogP contribution is 2.26. The zero-order valence-electron chi connectivity index (χ0n) is 14.7. The zero-order valence-corrected chi connectivity index (χ0v) is 15.5. The summed E-state index contributed by atoms with van der Waals surface area (Å²) in [5.74, 6) is -1.63. The average Bonchev–Trinajstić information content (AvgIpc) is 2.39. The maximum absolute atomic E-state index is 11.6. The average molecular weight is 352 g/mol. The minimum absolute atomic E-state index is 0.0266. The van der Waals surface area contributed by atoms with Crippen LogP contribution in [-0.4, -0.2) is 45.4 Å². The van der Waals surface area contributed by atoms with Gasteiger partial charge in [0.2, 0.25) is 0 Å². The minimum atomic E-state index is -3.71. The molecule has 0 unspecified atom stereocenters. The molecule has 0 aromatic heterocycles. The molecule has 0 saturated carbocycles. The molecular weight excluding hydrogens is 324 g/mol. The summed E-state index contributed by atoms with van der Waals surface area (Å²) in [5.41, 5.74) is 0. The second-order valence-corrected chi connectivity index (χ2v) is 7.44. The van der Waals surface area contributed by atoms with Gasteiger partial charge in [-0.15, -0.1) is 0 Å². The van der Waals surface area contributed by atoms with Gasteiger partial charge in [-0.1, -0.05) is 27.2 Å². The first-order valence-corrected chi connectivity index (χ1v) is 9.48. The van der Waals surface area contributed by atoms with E-state index in [-0.39, 0.29) is 18.4 Å². The quantitative estimate of drug-likeness (QED) is 0.437. The molecule has 0 aliphatic rings. The molecule has 0 aromatic rings. The van der Waals surface area contributed by atoms with Gasteiger partial charge in [-0.25, -0.2) is 0 Å². The largest absolute Gasteiger partial charge is 0.465 e. The molecule has 136 valence electrons. The summed E-state index contributed by atoms with van der Waals surface area (Å²) in [6.45, 7) is 8.05. The number of hydrogen-bond acceptors (Lipinski definition) is 7. The number of ether oxygens (including phenoxy) is 2. The van der Waals surface area contributed by atoms with Crippen molar-refractivity contribution in [2.45, 2.75) is 59.7 Å². The molecule has 0 aliphatic heterocycles. The number of hydrogen-bond donors (Lipinski definition) is 0. The Kier molecular flexibility index (Phi) is 9.38. The van der Waals surface area contributed by atoms with Crippen LogP contribution in [0.25, 0.3) is 0 Å². The summed E-state index contributed by atoms with van der Waals surface area (Å²) < 4.78 is 38.6. The minimum Gasteiger partial charge on any atom is -0.465 e. The van der Waals surface area contributed by atoms with Gasteiger partial charge in [-0.2, -0.15) is 8.42 Å². The van der Waals surface area contributed by atoms with Gasteiger partial charge in [0, 0.05) is 25.7 Å². The molecule has 7 nitrogen and oxygen atoms in total. The lowest BCUT2D eigenvalue weighted by atomic mass is 9.88. The van der Waals surface area contributed by atoms with Crippen molar-refractivity contribution < 1.29 is 31.7 Å². The molecule has 0 spiro atoms. The van der Waals surface area contributed by atoms with Crippen LogP contribution in [0, 0.1) is 11.8 Å². The van der Waals surface area contributed by atoms with Crippen LogP contribution in [-0.2, 0) is 33.4 Å². The third kappa shape index (κ3) is 9.55. The number of esters is 2. The Morgan fingerprint density at radius 2 is 1.65 bits per heavy atom. The van der Waals surface area contributed by atoms with Gasteiger partial charge >= 0.3 is 11.9 Å². The summed E-state index contributed by atoms with van der Waals surface area (Å²) in [6, 6.07) is 0. The van der Waals surface area contributed by atoms with E-state index < -0.39 is 34.3 Å². The molecule has 4 atom stereocenters. The van der Waals surface area contributed by atoms with Crippen molar-refractivity contribution in [2.24, 2.45) is 11.8 Å². The topological polar surface area (TPSA) is 96.0 Å². The molecule has 0 amide bonds. The van der Waals surface area contributed by atoms with E-state index in [0.717, 1.165) is 12.7 Å². The summed E-state index contributed by atoms with van der Waals surface area (Å²) in [6.07, 6.45) is 1.09. The van der Waals surface area contributed by atoms with E-state index in [1.807, 2.05) is 6.92 Å². The summed E-state index contributed by atoms with van der Waals surface area (Å²) in [7, 11) is -3.71. The van der Waals surface area contributed by atoms with E-state index in [1.54, 1.807) is 13.8 Å². The lowest BCUT2D eigenvalue weighted by Gasteiger charge is -2.33. The smallest absolute Gasteiger partial charge is 0.302 e. The molecule has 0 radical (unpaired) electrons. The molecule has 0 aliphatic carbocycles. The van der Waals surface area contributed by atoms with Crippen LogP contribution in [0.2, 0.25) is 0 Å². The molecule has 0 bridgehead atoms. The third-order valence-corrected chi connectivity index (χ3v) is 3.96. The first-order valence-electron chi connectivity index (χ1n) is 7.66. The molecule has 8 heteroatoms. The van der Waals surface area contributed by atoms with Gasteiger partial charge < -0.3 is 9.47 Å². The monoisotopic (exact) mass is 352 g/mol. The van der Waals surface area contributed by atoms with E-state index in [2.05, 4.69) is 0 Å². The standard InChI is InChI=1S/C15H28O7S/c1-7-8-14(21-13(5)17)11(3)15(22-23(6,18)19)10(2)9-20-12(4)16/h10-11,14-15H,7-9H2,1-6H3/t10-,11+,14-,15-/m1/s1. The van der Waals surface area contributed by atoms with Crippen LogP contribution < -0.4 is 0 Å². The summed E-state index contributed by atoms with van der Waals surface area (Å²) in [5, 5.41) is 0. The Hall–Kier alpha value is -1.15. The van der Waals surface area contributed by atoms with E-state index >= 15 is 0 Å². The molecule has 0 fully saturated rings. The molecule has 0 rings (SSSR count). The van der Waals surface area contributed by atoms with Crippen LogP contribution in [0.3, 0.4) is 0 Å². The highest BCUT2D eigenvalue weighted by molar-refractivity contribution is 7.86. The fourth-order valence-corrected chi connectivity index (χ4v) is 3.15. The molecule has 23 heavy (non-hydrogen) atoms. The van der Waals surface area contributed by atoms with E-state index in [1.165, 1.54) is 13.8 Å². The summed E-state index contributed by atoms with van der Waals surface area (Å²) >= 11 is 0. The van der Waals surface area contributed by atoms with Crippen molar-refractivity contribution in [2.75, 3.05) is 12.9 Å². The van der Waals surface area contributed by atoms with Gasteiger partial charge in [0.1, 0.15) is 6.10 Å². The molecule has 0 N–H and O–H groups in total. The predicted molar refractivity (Wildman–Crippen MR) is 85.1 cm³/mol. The maximum atomic E-state index is 11.6. The fourth-order valence-electron chi connectivity index (χ4n) is 2.38. The van der Waals surface area contributed by atoms with Crippen molar-refractivity contribution >= 4 is 22.1 Å². The van der Waals surface area contributed by atoms with Crippen molar-refractivity contribution in [3.8, 4) is 0 Å². The molecule has 0 heterocycles. The van der Waals surface area contributed by atoms with E-state index in [0.29, 0.717) is 6.42 Å². The van der Waals surface area contributed by atoms with Crippen LogP contribution in [0.1, 0.15) is 47.5 Å². The fraction of sp³-hybridized carbons (Fsp3) is 0.867. The van der Waals surface area contributed by atoms with Gasteiger partial charge in [-0.05, 0) is 6.42 Å². The Bertz CT molecular complexity index is 486. The van der Waals surface area contributed by atoms with Gasteiger partial charge in [0.25, 0.3) is 10.1 Å². The van der Waals surface area contributed by atoms with Crippen LogP contribution in [0.15, 0.2) is 0 Å². The first kappa shape index (κ1) is 21.9. The SMILES string of the molecule is CCC[C@@H](OC(C)=O)[C@H](C)[C@H](OS(C)(=O)=O)[C@H](C)COC(C)=O. The molecule has 0 saturated heterocycles. The lowest BCUT2D eigenvalue weighted by Crippen LogP contribution is -2.41. The second-order valence-electron chi connectivity index (χ2n) is 5.84. The zero-order chi connectivity index (χ0) is 18.2. The number of carbonyl (C=O) groups is 2. The first-order chi connectivity index (χ1) is 10.5. The van der Waals surface area contributed by atoms with Gasteiger partial charge in [-0.3, -0.25) is 13.8 Å². The third-order valence-electron chi connectivity index (χ3n) is 3.39. The predicted octanol–water partition coefficient (Wildman–Crippen LogP) is 1.90. The maximum Gasteiger partial charge on any atom is 0.302 e. The molecular formula is C15H28O7S. The Morgan fingerprint density at radius 1 is 1.09 bits per heavy atom. The Balaban J connectivity index is 5.27. The van der Waals surface area contributed by atoms with Crippen molar-refractivity contribution in [3.63, 3.8) is 0 Å². The van der Waals surface area contributed by atoms with Gasteiger partial charge in [0.15, 0.2) is 0 Å².